The summed E-state index contributed by atoms with van der Waals surface area (Å²) >= 11 is 0. The lowest BCUT2D eigenvalue weighted by Crippen LogP contribution is -2.29. The molecule has 0 unspecified atom stereocenters. The molecule has 1 N–H and O–H groups in total. The third-order valence-electron chi connectivity index (χ3n) is 3.77. The zero-order valence-corrected chi connectivity index (χ0v) is 14.4. The van der Waals surface area contributed by atoms with Gasteiger partial charge in [0.2, 0.25) is 0 Å². The summed E-state index contributed by atoms with van der Waals surface area (Å²) in [5.41, 5.74) is 2.45. The molecular formula is C21H27NO2. The van der Waals surface area contributed by atoms with E-state index in [0.29, 0.717) is 13.2 Å². The zero-order valence-electron chi connectivity index (χ0n) is 14.4. The van der Waals surface area contributed by atoms with Crippen LogP contribution < -0.4 is 0 Å². The van der Waals surface area contributed by atoms with Crippen molar-refractivity contribution in [2.24, 2.45) is 0 Å². The number of hydrogen-bond acceptors (Lipinski definition) is 3. The SMILES string of the molecule is CCOC1=CCC=C(CN(C/C=C/c2ccccc2)CCO)C=C1. The molecule has 0 saturated carbocycles. The van der Waals surface area contributed by atoms with Crippen molar-refractivity contribution < 1.29 is 9.84 Å². The third kappa shape index (κ3) is 6.57. The van der Waals surface area contributed by atoms with Crippen molar-refractivity contribution in [2.75, 3.05) is 32.8 Å². The fraction of sp³-hybridized carbons (Fsp3) is 0.333. The Morgan fingerprint density at radius 1 is 1.17 bits per heavy atom. The van der Waals surface area contributed by atoms with Gasteiger partial charge in [0.25, 0.3) is 0 Å². The van der Waals surface area contributed by atoms with Crippen LogP contribution in [0.2, 0.25) is 0 Å². The Hall–Kier alpha value is -2.10. The van der Waals surface area contributed by atoms with Gasteiger partial charge in [-0.05, 0) is 36.6 Å². The number of nitrogens with zero attached hydrogens (tertiary/aromatic N) is 1. The lowest BCUT2D eigenvalue weighted by atomic mass is 10.2. The van der Waals surface area contributed by atoms with E-state index in [1.54, 1.807) is 0 Å². The first kappa shape index (κ1) is 18.2. The van der Waals surface area contributed by atoms with Gasteiger partial charge in [-0.1, -0.05) is 54.6 Å². The van der Waals surface area contributed by atoms with Gasteiger partial charge in [0.05, 0.1) is 13.2 Å². The van der Waals surface area contributed by atoms with Crippen LogP contribution in [0.5, 0.6) is 0 Å². The van der Waals surface area contributed by atoms with Crippen molar-refractivity contribution >= 4 is 6.08 Å². The lowest BCUT2D eigenvalue weighted by Gasteiger charge is -2.20. The Balaban J connectivity index is 1.90. The smallest absolute Gasteiger partial charge is 0.115 e. The number of rotatable bonds is 9. The van der Waals surface area contributed by atoms with Crippen LogP contribution in [0.25, 0.3) is 6.08 Å². The Morgan fingerprint density at radius 2 is 2.00 bits per heavy atom. The maximum atomic E-state index is 9.32. The van der Waals surface area contributed by atoms with E-state index in [9.17, 15) is 5.11 Å². The molecule has 0 radical (unpaired) electrons. The van der Waals surface area contributed by atoms with Crippen LogP contribution >= 0.6 is 0 Å². The van der Waals surface area contributed by atoms with Crippen molar-refractivity contribution in [1.82, 2.24) is 4.90 Å². The topological polar surface area (TPSA) is 32.7 Å². The molecule has 3 nitrogen and oxygen atoms in total. The van der Waals surface area contributed by atoms with Gasteiger partial charge in [-0.25, -0.2) is 0 Å². The van der Waals surface area contributed by atoms with Crippen LogP contribution in [0.15, 0.2) is 72.0 Å². The average molecular weight is 325 g/mol. The first-order valence-corrected chi connectivity index (χ1v) is 8.56. The van der Waals surface area contributed by atoms with Gasteiger partial charge in [0.1, 0.15) is 5.76 Å². The van der Waals surface area contributed by atoms with E-state index in [-0.39, 0.29) is 6.61 Å². The van der Waals surface area contributed by atoms with E-state index < -0.39 is 0 Å². The summed E-state index contributed by atoms with van der Waals surface area (Å²) < 4.78 is 5.55. The average Bonchev–Trinajstić information content (AvgIpc) is 2.82. The summed E-state index contributed by atoms with van der Waals surface area (Å²) in [6.07, 6.45) is 13.6. The molecule has 0 heterocycles. The van der Waals surface area contributed by atoms with Crippen molar-refractivity contribution in [3.8, 4) is 0 Å². The van der Waals surface area contributed by atoms with E-state index in [1.807, 2.05) is 31.2 Å². The van der Waals surface area contributed by atoms with Crippen molar-refractivity contribution in [3.63, 3.8) is 0 Å². The molecule has 0 spiro atoms. The van der Waals surface area contributed by atoms with E-state index in [4.69, 9.17) is 4.74 Å². The van der Waals surface area contributed by atoms with Crippen LogP contribution in [0, 0.1) is 0 Å². The Kier molecular flexibility index (Phi) is 8.08. The molecule has 0 fully saturated rings. The molecule has 1 aliphatic carbocycles. The standard InChI is InChI=1S/C21H27NO2/c1-2-24-21-12-6-10-20(13-14-21)18-22(16-17-23)15-7-11-19-8-4-3-5-9-19/h3-5,7-14,23H,2,6,15-18H2,1H3/b11-7+. The molecule has 3 heteroatoms. The van der Waals surface area contributed by atoms with Gasteiger partial charge >= 0.3 is 0 Å². The molecular weight excluding hydrogens is 298 g/mol. The summed E-state index contributed by atoms with van der Waals surface area (Å²) in [4.78, 5) is 2.24. The van der Waals surface area contributed by atoms with Gasteiger partial charge < -0.3 is 9.84 Å². The highest BCUT2D eigenvalue weighted by Gasteiger charge is 2.06. The molecule has 0 amide bonds. The normalized spacial score (nSPS) is 14.6. The number of ether oxygens (including phenoxy) is 1. The minimum atomic E-state index is 0.165. The summed E-state index contributed by atoms with van der Waals surface area (Å²) in [5.74, 6) is 0.932. The first-order chi connectivity index (χ1) is 11.8. The molecule has 1 aromatic rings. The highest BCUT2D eigenvalue weighted by Crippen LogP contribution is 2.13. The van der Waals surface area contributed by atoms with Crippen molar-refractivity contribution in [1.29, 1.82) is 0 Å². The molecule has 0 bridgehead atoms. The fourth-order valence-electron chi connectivity index (χ4n) is 2.58. The highest BCUT2D eigenvalue weighted by atomic mass is 16.5. The summed E-state index contributed by atoms with van der Waals surface area (Å²) in [6, 6.07) is 10.3. The van der Waals surface area contributed by atoms with Crippen LogP contribution in [0.3, 0.4) is 0 Å². The van der Waals surface area contributed by atoms with Gasteiger partial charge in [0.15, 0.2) is 0 Å². The molecule has 24 heavy (non-hydrogen) atoms. The second-order valence-corrected chi connectivity index (χ2v) is 5.66. The van der Waals surface area contributed by atoms with Gasteiger partial charge in [-0.15, -0.1) is 0 Å². The van der Waals surface area contributed by atoms with Crippen LogP contribution in [-0.2, 0) is 4.74 Å². The predicted molar refractivity (Wildman–Crippen MR) is 101 cm³/mol. The number of benzene rings is 1. The highest BCUT2D eigenvalue weighted by molar-refractivity contribution is 5.48. The fourth-order valence-corrected chi connectivity index (χ4v) is 2.58. The molecule has 0 saturated heterocycles. The van der Waals surface area contributed by atoms with Crippen LogP contribution in [-0.4, -0.2) is 42.9 Å². The van der Waals surface area contributed by atoms with Gasteiger partial charge in [-0.3, -0.25) is 4.90 Å². The predicted octanol–water partition coefficient (Wildman–Crippen LogP) is 3.80. The minimum Gasteiger partial charge on any atom is -0.494 e. The van der Waals surface area contributed by atoms with E-state index in [0.717, 1.165) is 25.3 Å². The molecule has 1 aromatic carbocycles. The Bertz CT molecular complexity index is 600. The second-order valence-electron chi connectivity index (χ2n) is 5.66. The zero-order chi connectivity index (χ0) is 17.0. The van der Waals surface area contributed by atoms with Crippen LogP contribution in [0.4, 0.5) is 0 Å². The minimum absolute atomic E-state index is 0.165. The van der Waals surface area contributed by atoms with Crippen LogP contribution in [0.1, 0.15) is 18.9 Å². The monoisotopic (exact) mass is 325 g/mol. The maximum absolute atomic E-state index is 9.32. The molecule has 1 aliphatic rings. The lowest BCUT2D eigenvalue weighted by molar-refractivity contribution is 0.218. The molecule has 0 aliphatic heterocycles. The number of allylic oxidation sites excluding steroid dienone is 3. The van der Waals surface area contributed by atoms with E-state index in [1.165, 1.54) is 11.1 Å². The molecule has 0 aromatic heterocycles. The summed E-state index contributed by atoms with van der Waals surface area (Å²) in [6.45, 7) is 5.15. The quantitative estimate of drug-likeness (QED) is 0.749. The van der Waals surface area contributed by atoms with E-state index in [2.05, 4.69) is 47.4 Å². The van der Waals surface area contributed by atoms with Gasteiger partial charge in [0, 0.05) is 19.6 Å². The second kappa shape index (κ2) is 10.6. The summed E-state index contributed by atoms with van der Waals surface area (Å²) in [7, 11) is 0. The largest absolute Gasteiger partial charge is 0.494 e. The number of aliphatic hydroxyl groups excluding tert-OH is 1. The summed E-state index contributed by atoms with van der Waals surface area (Å²) in [5, 5.41) is 9.32. The third-order valence-corrected chi connectivity index (χ3v) is 3.77. The molecule has 128 valence electrons. The van der Waals surface area contributed by atoms with Crippen molar-refractivity contribution in [2.45, 2.75) is 13.3 Å². The molecule has 0 atom stereocenters. The first-order valence-electron chi connectivity index (χ1n) is 8.56. The Labute approximate surface area is 145 Å². The van der Waals surface area contributed by atoms with Crippen molar-refractivity contribution in [3.05, 3.63) is 77.6 Å². The number of aliphatic hydroxyl groups is 1. The molecule has 2 rings (SSSR count). The van der Waals surface area contributed by atoms with E-state index >= 15 is 0 Å². The maximum Gasteiger partial charge on any atom is 0.115 e. The number of hydrogen-bond donors (Lipinski definition) is 1. The Morgan fingerprint density at radius 3 is 2.75 bits per heavy atom. The van der Waals surface area contributed by atoms with Gasteiger partial charge in [-0.2, -0.15) is 0 Å².